The Balaban J connectivity index is 0.00000225. The van der Waals surface area contributed by atoms with Gasteiger partial charge in [0.1, 0.15) is 0 Å². The van der Waals surface area contributed by atoms with Crippen molar-refractivity contribution in [3.05, 3.63) is 0 Å². The zero-order valence-electron chi connectivity index (χ0n) is 11.1. The van der Waals surface area contributed by atoms with E-state index in [0.29, 0.717) is 5.41 Å². The number of ether oxygens (including phenoxy) is 1. The molecule has 1 aliphatic heterocycles. The Morgan fingerprint density at radius 3 is 2.19 bits per heavy atom. The van der Waals surface area contributed by atoms with Crippen LogP contribution in [0.1, 0.15) is 33.6 Å². The smallest absolute Gasteiger partial charge is 0.0516 e. The molecule has 0 bridgehead atoms. The maximum atomic E-state index is 6.03. The first kappa shape index (κ1) is 16.2. The molecule has 1 rings (SSSR count). The number of piperidine rings is 1. The molecule has 0 spiro atoms. The van der Waals surface area contributed by atoms with Crippen molar-refractivity contribution in [2.45, 2.75) is 39.2 Å². The Labute approximate surface area is 106 Å². The van der Waals surface area contributed by atoms with Crippen molar-refractivity contribution in [2.75, 3.05) is 33.4 Å². The Morgan fingerprint density at radius 2 is 1.81 bits per heavy atom. The fourth-order valence-corrected chi connectivity index (χ4v) is 2.32. The third-order valence-corrected chi connectivity index (χ3v) is 3.19. The molecule has 0 unspecified atom stereocenters. The summed E-state index contributed by atoms with van der Waals surface area (Å²) in [6.45, 7) is 10.7. The molecule has 1 fully saturated rings. The SMILES string of the molecule is COCC1(C)CCN(CC(C)(C)N)CC1.Cl. The van der Waals surface area contributed by atoms with Gasteiger partial charge < -0.3 is 15.4 Å². The predicted octanol–water partition coefficient (Wildman–Crippen LogP) is 1.89. The second-order valence-electron chi connectivity index (χ2n) is 6.01. The first-order valence-electron chi connectivity index (χ1n) is 5.85. The quantitative estimate of drug-likeness (QED) is 0.828. The van der Waals surface area contributed by atoms with Gasteiger partial charge in [-0.3, -0.25) is 0 Å². The highest BCUT2D eigenvalue weighted by Gasteiger charge is 2.31. The van der Waals surface area contributed by atoms with E-state index in [4.69, 9.17) is 10.5 Å². The average molecular weight is 251 g/mol. The number of hydrogen-bond acceptors (Lipinski definition) is 3. The van der Waals surface area contributed by atoms with Gasteiger partial charge in [-0.2, -0.15) is 0 Å². The highest BCUT2D eigenvalue weighted by molar-refractivity contribution is 5.85. The lowest BCUT2D eigenvalue weighted by atomic mass is 9.81. The molecule has 4 heteroatoms. The fourth-order valence-electron chi connectivity index (χ4n) is 2.32. The molecule has 0 aromatic heterocycles. The van der Waals surface area contributed by atoms with Crippen LogP contribution in [0.25, 0.3) is 0 Å². The largest absolute Gasteiger partial charge is 0.384 e. The van der Waals surface area contributed by atoms with Gasteiger partial charge in [-0.25, -0.2) is 0 Å². The van der Waals surface area contributed by atoms with Crippen LogP contribution < -0.4 is 5.73 Å². The van der Waals surface area contributed by atoms with E-state index in [1.165, 1.54) is 12.8 Å². The number of methoxy groups -OCH3 is 1. The van der Waals surface area contributed by atoms with Gasteiger partial charge in [-0.1, -0.05) is 6.92 Å². The Hall–Kier alpha value is 0.170. The highest BCUT2D eigenvalue weighted by Crippen LogP contribution is 2.31. The minimum absolute atomic E-state index is 0. The van der Waals surface area contributed by atoms with Crippen LogP contribution >= 0.6 is 12.4 Å². The number of nitrogens with two attached hydrogens (primary N) is 1. The van der Waals surface area contributed by atoms with Crippen LogP contribution in [0.2, 0.25) is 0 Å². The van der Waals surface area contributed by atoms with E-state index in [9.17, 15) is 0 Å². The van der Waals surface area contributed by atoms with Gasteiger partial charge in [0.25, 0.3) is 0 Å². The van der Waals surface area contributed by atoms with E-state index < -0.39 is 0 Å². The molecule has 0 radical (unpaired) electrons. The van der Waals surface area contributed by atoms with Crippen LogP contribution in [0.5, 0.6) is 0 Å². The fraction of sp³-hybridized carbons (Fsp3) is 1.00. The van der Waals surface area contributed by atoms with Gasteiger partial charge in [0.15, 0.2) is 0 Å². The normalized spacial score (nSPS) is 21.6. The summed E-state index contributed by atoms with van der Waals surface area (Å²) in [4.78, 5) is 2.47. The monoisotopic (exact) mass is 250 g/mol. The second-order valence-corrected chi connectivity index (χ2v) is 6.01. The maximum absolute atomic E-state index is 6.03. The Bertz CT molecular complexity index is 196. The predicted molar refractivity (Wildman–Crippen MR) is 71.2 cm³/mol. The molecule has 16 heavy (non-hydrogen) atoms. The molecule has 0 amide bonds. The van der Waals surface area contributed by atoms with Crippen LogP contribution in [0.4, 0.5) is 0 Å². The summed E-state index contributed by atoms with van der Waals surface area (Å²) in [7, 11) is 1.79. The molecular weight excluding hydrogens is 224 g/mol. The van der Waals surface area contributed by atoms with Gasteiger partial charge in [0.05, 0.1) is 6.61 Å². The van der Waals surface area contributed by atoms with E-state index in [-0.39, 0.29) is 17.9 Å². The number of halogens is 1. The zero-order chi connectivity index (χ0) is 11.5. The number of hydrogen-bond donors (Lipinski definition) is 1. The van der Waals surface area contributed by atoms with Crippen molar-refractivity contribution in [3.63, 3.8) is 0 Å². The molecule has 0 aromatic carbocycles. The van der Waals surface area contributed by atoms with Crippen LogP contribution in [0, 0.1) is 5.41 Å². The van der Waals surface area contributed by atoms with Crippen molar-refractivity contribution in [1.29, 1.82) is 0 Å². The van der Waals surface area contributed by atoms with E-state index in [0.717, 1.165) is 26.2 Å². The lowest BCUT2D eigenvalue weighted by Crippen LogP contribution is -2.49. The van der Waals surface area contributed by atoms with Gasteiger partial charge in [0.2, 0.25) is 0 Å². The number of nitrogens with zero attached hydrogens (tertiary/aromatic N) is 1. The minimum Gasteiger partial charge on any atom is -0.384 e. The molecule has 1 heterocycles. The third-order valence-electron chi connectivity index (χ3n) is 3.19. The van der Waals surface area contributed by atoms with Crippen molar-refractivity contribution < 1.29 is 4.74 Å². The van der Waals surface area contributed by atoms with E-state index in [2.05, 4.69) is 25.7 Å². The highest BCUT2D eigenvalue weighted by atomic mass is 35.5. The van der Waals surface area contributed by atoms with Crippen molar-refractivity contribution >= 4 is 12.4 Å². The number of likely N-dealkylation sites (tertiary alicyclic amines) is 1. The van der Waals surface area contributed by atoms with Crippen LogP contribution in [0.3, 0.4) is 0 Å². The van der Waals surface area contributed by atoms with Crippen LogP contribution in [-0.4, -0.2) is 43.8 Å². The van der Waals surface area contributed by atoms with E-state index in [1.807, 2.05) is 0 Å². The minimum atomic E-state index is -0.0744. The molecule has 0 atom stereocenters. The molecule has 3 nitrogen and oxygen atoms in total. The van der Waals surface area contributed by atoms with Crippen molar-refractivity contribution in [3.8, 4) is 0 Å². The van der Waals surface area contributed by atoms with Gasteiger partial charge in [0, 0.05) is 19.2 Å². The van der Waals surface area contributed by atoms with Crippen molar-refractivity contribution in [1.82, 2.24) is 4.90 Å². The van der Waals surface area contributed by atoms with E-state index >= 15 is 0 Å². The summed E-state index contributed by atoms with van der Waals surface area (Å²) >= 11 is 0. The molecule has 0 aliphatic carbocycles. The molecule has 0 saturated carbocycles. The standard InChI is InChI=1S/C12H26N2O.ClH/c1-11(2,13)9-14-7-5-12(3,6-8-14)10-15-4;/h5-10,13H2,1-4H3;1H. The Morgan fingerprint density at radius 1 is 1.31 bits per heavy atom. The topological polar surface area (TPSA) is 38.5 Å². The second kappa shape index (κ2) is 6.20. The van der Waals surface area contributed by atoms with Gasteiger partial charge >= 0.3 is 0 Å². The molecule has 98 valence electrons. The molecular formula is C12H27ClN2O. The first-order valence-corrected chi connectivity index (χ1v) is 5.85. The summed E-state index contributed by atoms with van der Waals surface area (Å²) in [5, 5.41) is 0. The summed E-state index contributed by atoms with van der Waals surface area (Å²) in [6, 6.07) is 0. The van der Waals surface area contributed by atoms with Crippen molar-refractivity contribution in [2.24, 2.45) is 11.1 Å². The molecule has 1 saturated heterocycles. The van der Waals surface area contributed by atoms with Crippen LogP contribution in [0.15, 0.2) is 0 Å². The summed E-state index contributed by atoms with van der Waals surface area (Å²) in [5.41, 5.74) is 6.33. The lowest BCUT2D eigenvalue weighted by molar-refractivity contribution is 0.0298. The molecule has 2 N–H and O–H groups in total. The lowest BCUT2D eigenvalue weighted by Gasteiger charge is -2.41. The van der Waals surface area contributed by atoms with Gasteiger partial charge in [-0.15, -0.1) is 12.4 Å². The number of rotatable bonds is 4. The maximum Gasteiger partial charge on any atom is 0.0516 e. The summed E-state index contributed by atoms with van der Waals surface area (Å²) in [6.07, 6.45) is 2.44. The average Bonchev–Trinajstić information content (AvgIpc) is 2.08. The summed E-state index contributed by atoms with van der Waals surface area (Å²) < 4.78 is 5.28. The zero-order valence-corrected chi connectivity index (χ0v) is 11.9. The first-order chi connectivity index (χ1) is 6.85. The van der Waals surface area contributed by atoms with Gasteiger partial charge in [-0.05, 0) is 45.2 Å². The molecule has 1 aliphatic rings. The van der Waals surface area contributed by atoms with Crippen LogP contribution in [-0.2, 0) is 4.74 Å². The summed E-state index contributed by atoms with van der Waals surface area (Å²) in [5.74, 6) is 0. The third kappa shape index (κ3) is 5.48. The van der Waals surface area contributed by atoms with E-state index in [1.54, 1.807) is 7.11 Å². The molecule has 0 aromatic rings. The Kier molecular flexibility index (Phi) is 6.26.